The molecule has 2 atom stereocenters. The first kappa shape index (κ1) is 18.3. The summed E-state index contributed by atoms with van der Waals surface area (Å²) >= 11 is 0. The molecule has 2 unspecified atom stereocenters. The van der Waals surface area contributed by atoms with Crippen LogP contribution < -0.4 is 19.6 Å². The molecule has 0 radical (unpaired) electrons. The van der Waals surface area contributed by atoms with E-state index in [1.165, 1.54) is 0 Å². The molecule has 2 aliphatic rings. The number of nitrogens with one attached hydrogen (secondary N) is 2. The predicted molar refractivity (Wildman–Crippen MR) is 116 cm³/mol. The highest BCUT2D eigenvalue weighted by Crippen LogP contribution is 2.41. The average molecular weight is 402 g/mol. The van der Waals surface area contributed by atoms with Gasteiger partial charge in [-0.05, 0) is 41.5 Å². The average Bonchev–Trinajstić information content (AvgIpc) is 3.41. The van der Waals surface area contributed by atoms with Crippen LogP contribution in [0.2, 0.25) is 0 Å². The van der Waals surface area contributed by atoms with Crippen molar-refractivity contribution in [2.45, 2.75) is 6.04 Å². The van der Waals surface area contributed by atoms with E-state index in [2.05, 4.69) is 33.7 Å². The normalized spacial score (nSPS) is 19.4. The molecule has 2 heterocycles. The number of hydrogen-bond acceptors (Lipinski definition) is 6. The number of benzene rings is 2. The third kappa shape index (κ3) is 2.90. The van der Waals surface area contributed by atoms with E-state index < -0.39 is 0 Å². The fourth-order valence-electron chi connectivity index (χ4n) is 4.00. The van der Waals surface area contributed by atoms with Crippen molar-refractivity contribution >= 4 is 16.7 Å². The van der Waals surface area contributed by atoms with Gasteiger partial charge < -0.3 is 19.2 Å². The van der Waals surface area contributed by atoms with Crippen molar-refractivity contribution in [3.05, 3.63) is 60.5 Å². The number of ether oxygens (including phenoxy) is 3. The third-order valence-electron chi connectivity index (χ3n) is 5.52. The molecule has 7 nitrogen and oxygen atoms in total. The Morgan fingerprint density at radius 1 is 0.900 bits per heavy atom. The van der Waals surface area contributed by atoms with Crippen LogP contribution in [0.15, 0.2) is 59.7 Å². The highest BCUT2D eigenvalue weighted by atomic mass is 16.5. The molecule has 0 fully saturated rings. The van der Waals surface area contributed by atoms with E-state index >= 15 is 0 Å². The summed E-state index contributed by atoms with van der Waals surface area (Å²) in [7, 11) is 4.83. The zero-order valence-electron chi connectivity index (χ0n) is 17.0. The van der Waals surface area contributed by atoms with E-state index in [0.717, 1.165) is 33.7 Å². The van der Waals surface area contributed by atoms with Crippen LogP contribution >= 0.6 is 0 Å². The fourth-order valence-corrected chi connectivity index (χ4v) is 4.00. The van der Waals surface area contributed by atoms with E-state index in [-0.39, 0.29) is 12.0 Å². The lowest BCUT2D eigenvalue weighted by atomic mass is 9.92. The Morgan fingerprint density at radius 3 is 2.43 bits per heavy atom. The lowest BCUT2D eigenvalue weighted by molar-refractivity contribution is 0.324. The summed E-state index contributed by atoms with van der Waals surface area (Å²) in [5, 5.41) is 4.43. The largest absolute Gasteiger partial charge is 0.493 e. The molecule has 2 aromatic carbocycles. The SMILES string of the molecule is COc1cc(-c2ccc3nc(C4NN=C5C=CC=CC54)[nH]c3c2)cc(OC)c1OC. The summed E-state index contributed by atoms with van der Waals surface area (Å²) < 4.78 is 16.4. The van der Waals surface area contributed by atoms with Gasteiger partial charge in [0.15, 0.2) is 11.5 Å². The topological polar surface area (TPSA) is 80.8 Å². The van der Waals surface area contributed by atoms with Gasteiger partial charge >= 0.3 is 0 Å². The second-order valence-corrected chi connectivity index (χ2v) is 7.18. The minimum absolute atomic E-state index is 0.00164. The van der Waals surface area contributed by atoms with Crippen LogP contribution in [0.4, 0.5) is 0 Å². The zero-order chi connectivity index (χ0) is 20.7. The maximum absolute atomic E-state index is 5.49. The van der Waals surface area contributed by atoms with E-state index in [1.54, 1.807) is 21.3 Å². The number of hydrogen-bond donors (Lipinski definition) is 2. The van der Waals surface area contributed by atoms with E-state index in [1.807, 2.05) is 36.4 Å². The molecular weight excluding hydrogens is 380 g/mol. The number of aromatic nitrogens is 2. The van der Waals surface area contributed by atoms with Crippen LogP contribution in [0.5, 0.6) is 17.2 Å². The number of nitrogens with zero attached hydrogens (tertiary/aromatic N) is 2. The van der Waals surface area contributed by atoms with Gasteiger partial charge in [-0.1, -0.05) is 24.3 Å². The molecule has 5 rings (SSSR count). The van der Waals surface area contributed by atoms with E-state index in [0.29, 0.717) is 17.2 Å². The third-order valence-corrected chi connectivity index (χ3v) is 5.52. The summed E-state index contributed by atoms with van der Waals surface area (Å²) in [5.74, 6) is 2.87. The van der Waals surface area contributed by atoms with Gasteiger partial charge in [-0.15, -0.1) is 0 Å². The first-order valence-electron chi connectivity index (χ1n) is 9.70. The number of aromatic amines is 1. The van der Waals surface area contributed by atoms with E-state index in [9.17, 15) is 0 Å². The Balaban J connectivity index is 1.52. The van der Waals surface area contributed by atoms with E-state index in [4.69, 9.17) is 19.2 Å². The highest BCUT2D eigenvalue weighted by molar-refractivity contribution is 6.00. The second-order valence-electron chi connectivity index (χ2n) is 7.18. The summed E-state index contributed by atoms with van der Waals surface area (Å²) in [6.45, 7) is 0. The fraction of sp³-hybridized carbons (Fsp3) is 0.217. The van der Waals surface area contributed by atoms with Crippen molar-refractivity contribution in [1.29, 1.82) is 0 Å². The Labute approximate surface area is 174 Å². The molecule has 30 heavy (non-hydrogen) atoms. The molecule has 0 saturated carbocycles. The molecule has 152 valence electrons. The number of methoxy groups -OCH3 is 3. The molecule has 1 aromatic heterocycles. The van der Waals surface area contributed by atoms with Crippen LogP contribution in [0.1, 0.15) is 11.9 Å². The number of hydrazone groups is 1. The lowest BCUT2D eigenvalue weighted by Gasteiger charge is -2.15. The first-order valence-corrected chi connectivity index (χ1v) is 9.70. The van der Waals surface area contributed by atoms with Gasteiger partial charge in [0.1, 0.15) is 11.9 Å². The van der Waals surface area contributed by atoms with Crippen LogP contribution in [0, 0.1) is 5.92 Å². The number of H-pyrrole nitrogens is 1. The maximum Gasteiger partial charge on any atom is 0.203 e. The summed E-state index contributed by atoms with van der Waals surface area (Å²) in [6, 6.07) is 10.0. The molecule has 0 amide bonds. The molecule has 7 heteroatoms. The van der Waals surface area contributed by atoms with Gasteiger partial charge in [0, 0.05) is 0 Å². The smallest absolute Gasteiger partial charge is 0.203 e. The Bertz CT molecular complexity index is 1180. The molecule has 2 N–H and O–H groups in total. The van der Waals surface area contributed by atoms with Crippen molar-refractivity contribution < 1.29 is 14.2 Å². The quantitative estimate of drug-likeness (QED) is 0.674. The Morgan fingerprint density at radius 2 is 1.70 bits per heavy atom. The number of allylic oxidation sites excluding steroid dienone is 3. The molecule has 0 bridgehead atoms. The van der Waals surface area contributed by atoms with Crippen molar-refractivity contribution in [1.82, 2.24) is 15.4 Å². The van der Waals surface area contributed by atoms with Crippen molar-refractivity contribution in [3.63, 3.8) is 0 Å². The van der Waals surface area contributed by atoms with Gasteiger partial charge in [0.05, 0.1) is 44.0 Å². The van der Waals surface area contributed by atoms with Crippen molar-refractivity contribution in [2.24, 2.45) is 11.0 Å². The standard InChI is InChI=1S/C23H22N4O3/c1-28-19-11-14(12-20(29-2)22(19)30-3)13-8-9-17-18(10-13)25-23(24-17)21-15-6-4-5-7-16(15)26-27-21/h4-12,15,21,27H,1-3H3,(H,24,25). The first-order chi connectivity index (χ1) is 14.7. The van der Waals surface area contributed by atoms with Crippen molar-refractivity contribution in [3.8, 4) is 28.4 Å². The Hall–Kier alpha value is -3.74. The lowest BCUT2D eigenvalue weighted by Crippen LogP contribution is -2.21. The van der Waals surface area contributed by atoms with Gasteiger partial charge in [-0.3, -0.25) is 5.43 Å². The molecule has 1 aliphatic heterocycles. The molecule has 1 aliphatic carbocycles. The molecule has 0 spiro atoms. The van der Waals surface area contributed by atoms with Crippen molar-refractivity contribution in [2.75, 3.05) is 21.3 Å². The molecule has 0 saturated heterocycles. The van der Waals surface area contributed by atoms with Crippen LogP contribution in [0.3, 0.4) is 0 Å². The Kier molecular flexibility index (Phi) is 4.43. The molecule has 3 aromatic rings. The highest BCUT2D eigenvalue weighted by Gasteiger charge is 2.32. The van der Waals surface area contributed by atoms with Crippen LogP contribution in [0.25, 0.3) is 22.2 Å². The van der Waals surface area contributed by atoms with Crippen LogP contribution in [-0.4, -0.2) is 37.0 Å². The summed E-state index contributed by atoms with van der Waals surface area (Å²) in [5.41, 5.74) is 8.09. The van der Waals surface area contributed by atoms with Gasteiger partial charge in [-0.2, -0.15) is 5.10 Å². The monoisotopic (exact) mass is 402 g/mol. The van der Waals surface area contributed by atoms with Crippen LogP contribution in [-0.2, 0) is 0 Å². The van der Waals surface area contributed by atoms with Gasteiger partial charge in [0.25, 0.3) is 0 Å². The summed E-state index contributed by atoms with van der Waals surface area (Å²) in [4.78, 5) is 8.26. The number of fused-ring (bicyclic) bond motifs is 2. The number of imidazole rings is 1. The minimum Gasteiger partial charge on any atom is -0.493 e. The number of rotatable bonds is 5. The zero-order valence-corrected chi connectivity index (χ0v) is 17.0. The summed E-state index contributed by atoms with van der Waals surface area (Å²) in [6.07, 6.45) is 8.23. The van der Waals surface area contributed by atoms with Gasteiger partial charge in [0.2, 0.25) is 5.75 Å². The predicted octanol–water partition coefficient (Wildman–Crippen LogP) is 4.00. The van der Waals surface area contributed by atoms with Gasteiger partial charge in [-0.25, -0.2) is 4.98 Å². The minimum atomic E-state index is -0.00164. The maximum atomic E-state index is 5.49. The second kappa shape index (κ2) is 7.26. The molecular formula is C23H22N4O3.